The zero-order valence-corrected chi connectivity index (χ0v) is 7.29. The second-order valence-corrected chi connectivity index (χ2v) is 3.48. The molecule has 66 valence electrons. The maximum atomic E-state index is 10.4. The molecule has 2 N–H and O–H groups in total. The molecule has 0 aliphatic heterocycles. The lowest BCUT2D eigenvalue weighted by molar-refractivity contribution is -0.153. The van der Waals surface area contributed by atoms with E-state index in [9.17, 15) is 9.90 Å². The summed E-state index contributed by atoms with van der Waals surface area (Å²) < 4.78 is 0. The van der Waals surface area contributed by atoms with Gasteiger partial charge in [-0.05, 0) is 6.42 Å². The first-order valence-electron chi connectivity index (χ1n) is 3.82. The summed E-state index contributed by atoms with van der Waals surface area (Å²) in [7, 11) is 0. The van der Waals surface area contributed by atoms with Crippen LogP contribution in [-0.4, -0.2) is 22.3 Å². The van der Waals surface area contributed by atoms with Crippen molar-refractivity contribution in [1.29, 1.82) is 0 Å². The van der Waals surface area contributed by atoms with E-state index < -0.39 is 17.5 Å². The van der Waals surface area contributed by atoms with Gasteiger partial charge in [0.15, 0.2) is 6.10 Å². The van der Waals surface area contributed by atoms with Crippen LogP contribution in [0.4, 0.5) is 0 Å². The number of hydrogen-bond donors (Lipinski definition) is 2. The highest BCUT2D eigenvalue weighted by Crippen LogP contribution is 2.26. The van der Waals surface area contributed by atoms with Crippen LogP contribution in [0.1, 0.15) is 33.6 Å². The molecule has 0 unspecified atom stereocenters. The van der Waals surface area contributed by atoms with E-state index in [1.54, 1.807) is 13.8 Å². The average molecular weight is 160 g/mol. The molecule has 0 radical (unpaired) electrons. The fourth-order valence-electron chi connectivity index (χ4n) is 1.12. The zero-order chi connectivity index (χ0) is 9.07. The molecule has 0 aromatic heterocycles. The van der Waals surface area contributed by atoms with Crippen LogP contribution < -0.4 is 0 Å². The minimum Gasteiger partial charge on any atom is -0.479 e. The van der Waals surface area contributed by atoms with Gasteiger partial charge in [-0.3, -0.25) is 0 Å². The summed E-state index contributed by atoms with van der Waals surface area (Å²) >= 11 is 0. The van der Waals surface area contributed by atoms with Gasteiger partial charge in [-0.2, -0.15) is 0 Å². The smallest absolute Gasteiger partial charge is 0.333 e. The molecule has 0 fully saturated rings. The lowest BCUT2D eigenvalue weighted by Gasteiger charge is -2.26. The molecule has 0 aromatic carbocycles. The molecule has 0 saturated heterocycles. The van der Waals surface area contributed by atoms with Crippen LogP contribution in [0.2, 0.25) is 0 Å². The van der Waals surface area contributed by atoms with Gasteiger partial charge in [-0.15, -0.1) is 0 Å². The van der Waals surface area contributed by atoms with E-state index in [1.807, 2.05) is 6.92 Å². The molecule has 0 rings (SSSR count). The average Bonchev–Trinajstić information content (AvgIpc) is 1.86. The van der Waals surface area contributed by atoms with Crippen molar-refractivity contribution in [3.8, 4) is 0 Å². The maximum absolute atomic E-state index is 10.4. The number of carbonyl (C=O) groups is 1. The van der Waals surface area contributed by atoms with Crippen molar-refractivity contribution < 1.29 is 15.0 Å². The highest BCUT2D eigenvalue weighted by atomic mass is 16.4. The van der Waals surface area contributed by atoms with Crippen molar-refractivity contribution in [2.24, 2.45) is 5.41 Å². The highest BCUT2D eigenvalue weighted by molar-refractivity contribution is 5.72. The fourth-order valence-corrected chi connectivity index (χ4v) is 1.12. The van der Waals surface area contributed by atoms with Gasteiger partial charge in [-0.25, -0.2) is 4.79 Å². The Hall–Kier alpha value is -0.570. The fraction of sp³-hybridized carbons (Fsp3) is 0.875. The van der Waals surface area contributed by atoms with E-state index in [0.717, 1.165) is 12.8 Å². The van der Waals surface area contributed by atoms with Crippen LogP contribution in [-0.2, 0) is 4.79 Å². The summed E-state index contributed by atoms with van der Waals surface area (Å²) in [5, 5.41) is 17.7. The summed E-state index contributed by atoms with van der Waals surface area (Å²) in [5.41, 5.74) is -0.513. The molecule has 0 bridgehead atoms. The summed E-state index contributed by atoms with van der Waals surface area (Å²) in [6.45, 7) is 5.49. The first-order valence-corrected chi connectivity index (χ1v) is 3.82. The topological polar surface area (TPSA) is 57.5 Å². The van der Waals surface area contributed by atoms with E-state index >= 15 is 0 Å². The third-order valence-corrected chi connectivity index (χ3v) is 1.87. The Morgan fingerprint density at radius 2 is 2.00 bits per heavy atom. The van der Waals surface area contributed by atoms with Gasteiger partial charge in [0.1, 0.15) is 0 Å². The minimum absolute atomic E-state index is 0.513. The standard InChI is InChI=1S/C8H16O3/c1-4-5-8(2,3)6(9)7(10)11/h6,9H,4-5H2,1-3H3,(H,10,11)/t6-/m0/s1. The first-order chi connectivity index (χ1) is 4.91. The molecular formula is C8H16O3. The largest absolute Gasteiger partial charge is 0.479 e. The first kappa shape index (κ1) is 10.4. The van der Waals surface area contributed by atoms with E-state index in [1.165, 1.54) is 0 Å². The van der Waals surface area contributed by atoms with Crippen LogP contribution >= 0.6 is 0 Å². The van der Waals surface area contributed by atoms with Gasteiger partial charge < -0.3 is 10.2 Å². The van der Waals surface area contributed by atoms with E-state index in [-0.39, 0.29) is 0 Å². The zero-order valence-electron chi connectivity index (χ0n) is 7.29. The third-order valence-electron chi connectivity index (χ3n) is 1.87. The Labute approximate surface area is 67.0 Å². The van der Waals surface area contributed by atoms with Gasteiger partial charge >= 0.3 is 5.97 Å². The van der Waals surface area contributed by atoms with Crippen molar-refractivity contribution >= 4 is 5.97 Å². The van der Waals surface area contributed by atoms with Crippen LogP contribution in [0.5, 0.6) is 0 Å². The number of aliphatic carboxylic acids is 1. The molecule has 0 amide bonds. The molecule has 11 heavy (non-hydrogen) atoms. The monoisotopic (exact) mass is 160 g/mol. The molecule has 0 saturated carbocycles. The second kappa shape index (κ2) is 3.72. The van der Waals surface area contributed by atoms with Gasteiger partial charge in [0.25, 0.3) is 0 Å². The molecular weight excluding hydrogens is 144 g/mol. The summed E-state index contributed by atoms with van der Waals surface area (Å²) in [4.78, 5) is 10.4. The highest BCUT2D eigenvalue weighted by Gasteiger charge is 2.32. The molecule has 0 spiro atoms. The van der Waals surface area contributed by atoms with Gasteiger partial charge in [0.05, 0.1) is 0 Å². The lowest BCUT2D eigenvalue weighted by atomic mass is 9.82. The van der Waals surface area contributed by atoms with E-state index in [2.05, 4.69) is 0 Å². The van der Waals surface area contributed by atoms with Crippen molar-refractivity contribution in [3.63, 3.8) is 0 Å². The quantitative estimate of drug-likeness (QED) is 0.651. The van der Waals surface area contributed by atoms with Crippen molar-refractivity contribution in [1.82, 2.24) is 0 Å². The number of aliphatic hydroxyl groups excluding tert-OH is 1. The Morgan fingerprint density at radius 1 is 1.55 bits per heavy atom. The number of carboxylic acids is 1. The maximum Gasteiger partial charge on any atom is 0.333 e. The van der Waals surface area contributed by atoms with Gasteiger partial charge in [0.2, 0.25) is 0 Å². The molecule has 0 aliphatic carbocycles. The van der Waals surface area contributed by atoms with Crippen molar-refractivity contribution in [2.45, 2.75) is 39.7 Å². The predicted molar refractivity (Wildman–Crippen MR) is 42.3 cm³/mol. The summed E-state index contributed by atoms with van der Waals surface area (Å²) in [6, 6.07) is 0. The number of aliphatic hydroxyl groups is 1. The Morgan fingerprint density at radius 3 is 2.27 bits per heavy atom. The number of hydrogen-bond acceptors (Lipinski definition) is 2. The Kier molecular flexibility index (Phi) is 3.52. The lowest BCUT2D eigenvalue weighted by Crippen LogP contribution is -2.36. The predicted octanol–water partition coefficient (Wildman–Crippen LogP) is 1.26. The van der Waals surface area contributed by atoms with Crippen LogP contribution in [0, 0.1) is 5.41 Å². The normalized spacial score (nSPS) is 14.5. The number of carboxylic acid groups (broad SMARTS) is 1. The minimum atomic E-state index is -1.25. The molecule has 0 aliphatic rings. The molecule has 3 nitrogen and oxygen atoms in total. The molecule has 0 heterocycles. The number of rotatable bonds is 4. The second-order valence-electron chi connectivity index (χ2n) is 3.48. The molecule has 1 atom stereocenters. The Bertz CT molecular complexity index is 140. The molecule has 0 aromatic rings. The third kappa shape index (κ3) is 2.89. The van der Waals surface area contributed by atoms with Gasteiger partial charge in [0, 0.05) is 5.41 Å². The Balaban J connectivity index is 4.16. The van der Waals surface area contributed by atoms with Crippen LogP contribution in [0.25, 0.3) is 0 Å². The summed E-state index contributed by atoms with van der Waals surface area (Å²) in [6.07, 6.45) is 0.361. The van der Waals surface area contributed by atoms with Crippen molar-refractivity contribution in [2.75, 3.05) is 0 Å². The van der Waals surface area contributed by atoms with Crippen molar-refractivity contribution in [3.05, 3.63) is 0 Å². The summed E-state index contributed by atoms with van der Waals surface area (Å²) in [5.74, 6) is -1.14. The molecule has 3 heteroatoms. The van der Waals surface area contributed by atoms with Crippen LogP contribution in [0.3, 0.4) is 0 Å². The van der Waals surface area contributed by atoms with Crippen LogP contribution in [0.15, 0.2) is 0 Å². The van der Waals surface area contributed by atoms with E-state index in [0.29, 0.717) is 0 Å². The van der Waals surface area contributed by atoms with E-state index in [4.69, 9.17) is 5.11 Å². The van der Waals surface area contributed by atoms with Gasteiger partial charge in [-0.1, -0.05) is 27.2 Å². The SMILES string of the molecule is CCCC(C)(C)[C@@H](O)C(=O)O.